The first kappa shape index (κ1) is 14.3. The molecule has 0 saturated carbocycles. The van der Waals surface area contributed by atoms with Crippen LogP contribution in [0.15, 0.2) is 67.0 Å². The molecule has 0 amide bonds. The Bertz CT molecular complexity index is 704. The summed E-state index contributed by atoms with van der Waals surface area (Å²) in [5.74, 6) is 0. The predicted octanol–water partition coefficient (Wildman–Crippen LogP) is 4.79. The van der Waals surface area contributed by atoms with Gasteiger partial charge in [0, 0.05) is 21.9 Å². The van der Waals surface area contributed by atoms with Crippen molar-refractivity contribution in [1.29, 1.82) is 0 Å². The molecule has 0 spiro atoms. The summed E-state index contributed by atoms with van der Waals surface area (Å²) in [4.78, 5) is 0. The fourth-order valence-corrected chi connectivity index (χ4v) is 3.11. The van der Waals surface area contributed by atoms with Gasteiger partial charge in [0.15, 0.2) is 0 Å². The molecule has 0 bridgehead atoms. The molecule has 0 aliphatic carbocycles. The summed E-state index contributed by atoms with van der Waals surface area (Å²) in [6, 6.07) is 19.0. The minimum Gasteiger partial charge on any atom is -0.272 e. The third-order valence-corrected chi connectivity index (χ3v) is 4.45. The highest BCUT2D eigenvalue weighted by atomic mass is 127. The van der Waals surface area contributed by atoms with E-state index in [0.717, 1.165) is 19.4 Å². The zero-order valence-corrected chi connectivity index (χ0v) is 13.9. The Hall–Kier alpha value is -1.62. The van der Waals surface area contributed by atoms with Crippen LogP contribution in [0, 0.1) is 3.57 Å². The lowest BCUT2D eigenvalue weighted by Crippen LogP contribution is -1.99. The molecule has 0 aliphatic heterocycles. The van der Waals surface area contributed by atoms with Gasteiger partial charge in [-0.3, -0.25) is 4.68 Å². The lowest BCUT2D eigenvalue weighted by molar-refractivity contribution is 0.579. The van der Waals surface area contributed by atoms with Crippen LogP contribution in [-0.2, 0) is 13.0 Å². The first-order valence-electron chi connectivity index (χ1n) is 7.14. The summed E-state index contributed by atoms with van der Waals surface area (Å²) in [5.41, 5.74) is 3.84. The molecule has 3 aromatic rings. The highest BCUT2D eigenvalue weighted by Gasteiger charge is 2.05. The maximum atomic E-state index is 4.48. The van der Waals surface area contributed by atoms with E-state index in [4.69, 9.17) is 0 Å². The van der Waals surface area contributed by atoms with E-state index in [1.165, 1.54) is 20.3 Å². The van der Waals surface area contributed by atoms with Gasteiger partial charge in [-0.15, -0.1) is 0 Å². The number of halogens is 1. The second-order valence-electron chi connectivity index (χ2n) is 5.06. The summed E-state index contributed by atoms with van der Waals surface area (Å²) in [7, 11) is 0. The lowest BCUT2D eigenvalue weighted by atomic mass is 10.1. The van der Waals surface area contributed by atoms with Gasteiger partial charge >= 0.3 is 0 Å². The Labute approximate surface area is 139 Å². The van der Waals surface area contributed by atoms with Crippen molar-refractivity contribution >= 4 is 22.6 Å². The van der Waals surface area contributed by atoms with E-state index in [1.54, 1.807) is 0 Å². The topological polar surface area (TPSA) is 17.8 Å². The van der Waals surface area contributed by atoms with E-state index >= 15 is 0 Å². The smallest absolute Gasteiger partial charge is 0.0568 e. The molecule has 0 N–H and O–H groups in total. The Kier molecular flexibility index (Phi) is 4.70. The van der Waals surface area contributed by atoms with Gasteiger partial charge in [0.25, 0.3) is 0 Å². The van der Waals surface area contributed by atoms with Gasteiger partial charge in [0.1, 0.15) is 0 Å². The van der Waals surface area contributed by atoms with E-state index in [-0.39, 0.29) is 0 Å². The van der Waals surface area contributed by atoms with Crippen LogP contribution >= 0.6 is 22.6 Å². The average molecular weight is 388 g/mol. The molecule has 0 fully saturated rings. The largest absolute Gasteiger partial charge is 0.272 e. The van der Waals surface area contributed by atoms with Crippen molar-refractivity contribution < 1.29 is 0 Å². The van der Waals surface area contributed by atoms with Crippen LogP contribution in [0.5, 0.6) is 0 Å². The Morgan fingerprint density at radius 2 is 1.71 bits per heavy atom. The minimum absolute atomic E-state index is 0.957. The summed E-state index contributed by atoms with van der Waals surface area (Å²) >= 11 is 2.37. The Morgan fingerprint density at radius 1 is 0.952 bits per heavy atom. The zero-order valence-electron chi connectivity index (χ0n) is 11.7. The molecule has 1 heterocycles. The first-order chi connectivity index (χ1) is 10.3. The third-order valence-electron chi connectivity index (χ3n) is 3.51. The normalized spacial score (nSPS) is 10.7. The van der Waals surface area contributed by atoms with Crippen LogP contribution in [0.2, 0.25) is 0 Å². The molecule has 3 rings (SSSR count). The highest BCUT2D eigenvalue weighted by molar-refractivity contribution is 14.1. The maximum Gasteiger partial charge on any atom is 0.0568 e. The first-order valence-corrected chi connectivity index (χ1v) is 8.22. The van der Waals surface area contributed by atoms with Gasteiger partial charge in [-0.1, -0.05) is 48.5 Å². The van der Waals surface area contributed by atoms with Crippen molar-refractivity contribution in [2.24, 2.45) is 0 Å². The second kappa shape index (κ2) is 6.89. The molecular weight excluding hydrogens is 371 g/mol. The standard InChI is InChI=1S/C18H17IN2/c19-18-11-5-4-10-17(18)16-13-20-21(14-16)12-6-9-15-7-2-1-3-8-15/h1-5,7-8,10-11,13-14H,6,9,12H2. The Balaban J connectivity index is 1.62. The second-order valence-corrected chi connectivity index (χ2v) is 6.22. The van der Waals surface area contributed by atoms with E-state index in [0.29, 0.717) is 0 Å². The van der Waals surface area contributed by atoms with Crippen LogP contribution in [-0.4, -0.2) is 9.78 Å². The van der Waals surface area contributed by atoms with E-state index in [2.05, 4.69) is 88.5 Å². The molecule has 0 saturated heterocycles. The van der Waals surface area contributed by atoms with Gasteiger partial charge in [-0.2, -0.15) is 5.10 Å². The van der Waals surface area contributed by atoms with E-state index in [9.17, 15) is 0 Å². The fraction of sp³-hybridized carbons (Fsp3) is 0.167. The van der Waals surface area contributed by atoms with Crippen LogP contribution < -0.4 is 0 Å². The molecule has 0 atom stereocenters. The molecule has 2 nitrogen and oxygen atoms in total. The van der Waals surface area contributed by atoms with Gasteiger partial charge in [0.05, 0.1) is 6.20 Å². The molecule has 1 aromatic heterocycles. The van der Waals surface area contributed by atoms with Crippen LogP contribution in [0.4, 0.5) is 0 Å². The highest BCUT2D eigenvalue weighted by Crippen LogP contribution is 2.24. The summed E-state index contributed by atoms with van der Waals surface area (Å²) in [6.07, 6.45) is 6.30. The number of benzene rings is 2. The van der Waals surface area contributed by atoms with Crippen molar-refractivity contribution in [1.82, 2.24) is 9.78 Å². The monoisotopic (exact) mass is 388 g/mol. The fourth-order valence-electron chi connectivity index (χ4n) is 2.41. The number of aryl methyl sites for hydroxylation is 2. The molecule has 2 aromatic carbocycles. The molecule has 0 radical (unpaired) electrons. The van der Waals surface area contributed by atoms with Gasteiger partial charge in [0.2, 0.25) is 0 Å². The predicted molar refractivity (Wildman–Crippen MR) is 95.1 cm³/mol. The zero-order chi connectivity index (χ0) is 14.5. The Morgan fingerprint density at radius 3 is 2.52 bits per heavy atom. The number of rotatable bonds is 5. The van der Waals surface area contributed by atoms with Crippen molar-refractivity contribution in [3.8, 4) is 11.1 Å². The molecule has 0 aliphatic rings. The van der Waals surface area contributed by atoms with Crippen LogP contribution in [0.25, 0.3) is 11.1 Å². The van der Waals surface area contributed by atoms with E-state index < -0.39 is 0 Å². The maximum absolute atomic E-state index is 4.48. The van der Waals surface area contributed by atoms with Crippen molar-refractivity contribution in [3.05, 3.63) is 76.1 Å². The number of aromatic nitrogens is 2. The lowest BCUT2D eigenvalue weighted by Gasteiger charge is -2.02. The third kappa shape index (κ3) is 3.73. The quantitative estimate of drug-likeness (QED) is 0.575. The number of hydrogen-bond acceptors (Lipinski definition) is 1. The molecular formula is C18H17IN2. The van der Waals surface area contributed by atoms with Gasteiger partial charge < -0.3 is 0 Å². The van der Waals surface area contributed by atoms with Crippen LogP contribution in [0.3, 0.4) is 0 Å². The number of nitrogens with zero attached hydrogens (tertiary/aromatic N) is 2. The molecule has 106 valence electrons. The summed E-state index contributed by atoms with van der Waals surface area (Å²) in [5, 5.41) is 4.48. The molecule has 21 heavy (non-hydrogen) atoms. The average Bonchev–Trinajstić information content (AvgIpc) is 2.97. The molecule has 0 unspecified atom stereocenters. The van der Waals surface area contributed by atoms with Crippen molar-refractivity contribution in [3.63, 3.8) is 0 Å². The van der Waals surface area contributed by atoms with Crippen molar-refractivity contribution in [2.75, 3.05) is 0 Å². The van der Waals surface area contributed by atoms with Crippen LogP contribution in [0.1, 0.15) is 12.0 Å². The van der Waals surface area contributed by atoms with Gasteiger partial charge in [-0.05, 0) is 52.6 Å². The van der Waals surface area contributed by atoms with E-state index in [1.807, 2.05) is 10.9 Å². The van der Waals surface area contributed by atoms with Gasteiger partial charge in [-0.25, -0.2) is 0 Å². The number of hydrogen-bond donors (Lipinski definition) is 0. The summed E-state index contributed by atoms with van der Waals surface area (Å²) in [6.45, 7) is 0.957. The molecule has 3 heteroatoms. The minimum atomic E-state index is 0.957. The van der Waals surface area contributed by atoms with Crippen molar-refractivity contribution in [2.45, 2.75) is 19.4 Å². The summed E-state index contributed by atoms with van der Waals surface area (Å²) < 4.78 is 3.31. The SMILES string of the molecule is Ic1ccccc1-c1cnn(CCCc2ccccc2)c1.